The lowest BCUT2D eigenvalue weighted by Gasteiger charge is -2.05. The molecule has 0 saturated heterocycles. The molecule has 0 radical (unpaired) electrons. The minimum absolute atomic E-state index is 0.110. The number of hydrogen-bond donors (Lipinski definition) is 1. The van der Waals surface area contributed by atoms with Gasteiger partial charge in [-0.05, 0) is 13.8 Å². The molecule has 5 heteroatoms. The van der Waals surface area contributed by atoms with Crippen molar-refractivity contribution in [1.82, 2.24) is 5.32 Å². The lowest BCUT2D eigenvalue weighted by atomic mass is 10.9. The topological polar surface area (TPSA) is 56.8 Å². The van der Waals surface area contributed by atoms with Gasteiger partial charge in [0.05, 0.1) is 6.61 Å². The van der Waals surface area contributed by atoms with E-state index in [1.54, 1.807) is 6.92 Å². The Balaban J connectivity index is 3.03. The van der Waals surface area contributed by atoms with Crippen LogP contribution in [0.15, 0.2) is 0 Å². The van der Waals surface area contributed by atoms with Crippen molar-refractivity contribution in [2.45, 2.75) is 13.8 Å². The van der Waals surface area contributed by atoms with Crippen LogP contribution >= 0.6 is 0 Å². The summed E-state index contributed by atoms with van der Waals surface area (Å²) in [5, 5.41) is 2.38. The molecule has 0 aromatic heterocycles. The number of alkyl carbamates (subject to hydrolysis) is 1. The highest BCUT2D eigenvalue weighted by molar-refractivity contribution is 5.66. The summed E-state index contributed by atoms with van der Waals surface area (Å²) in [5.41, 5.74) is 0. The number of nitrogens with one attached hydrogen (secondary N) is 1. The van der Waals surface area contributed by atoms with Crippen molar-refractivity contribution in [3.63, 3.8) is 0 Å². The first-order chi connectivity index (χ1) is 5.81. The highest BCUT2D eigenvalue weighted by Gasteiger charge is 1.96. The highest BCUT2D eigenvalue weighted by atomic mass is 16.7. The molecule has 0 aliphatic rings. The van der Waals surface area contributed by atoms with Gasteiger partial charge in [0.1, 0.15) is 13.5 Å². The predicted molar refractivity (Wildman–Crippen MR) is 42.6 cm³/mol. The van der Waals surface area contributed by atoms with Gasteiger partial charge in [-0.3, -0.25) is 5.32 Å². The third kappa shape index (κ3) is 7.30. The van der Waals surface area contributed by atoms with Gasteiger partial charge in [0.15, 0.2) is 0 Å². The first kappa shape index (κ1) is 11.2. The van der Waals surface area contributed by atoms with Crippen LogP contribution in [0.1, 0.15) is 13.8 Å². The minimum Gasteiger partial charge on any atom is -0.450 e. The predicted octanol–water partition coefficient (Wildman–Crippen LogP) is 0.701. The molecular weight excluding hydrogens is 162 g/mol. The summed E-state index contributed by atoms with van der Waals surface area (Å²) in [5.74, 6) is 0. The molecule has 0 spiro atoms. The van der Waals surface area contributed by atoms with Gasteiger partial charge >= 0.3 is 6.09 Å². The van der Waals surface area contributed by atoms with E-state index in [2.05, 4.69) is 10.1 Å². The molecule has 1 N–H and O–H groups in total. The maximum Gasteiger partial charge on any atom is 0.408 e. The van der Waals surface area contributed by atoms with E-state index in [1.165, 1.54) is 0 Å². The average Bonchev–Trinajstić information content (AvgIpc) is 2.05. The lowest BCUT2D eigenvalue weighted by Crippen LogP contribution is -2.27. The standard InChI is InChI=1S/C7H15NO4/c1-3-10-6-11-5-8-7(9)12-4-2/h3-6H2,1-2H3,(H,8,9). The average molecular weight is 177 g/mol. The molecule has 72 valence electrons. The van der Waals surface area contributed by atoms with Crippen molar-refractivity contribution in [2.24, 2.45) is 0 Å². The van der Waals surface area contributed by atoms with E-state index in [4.69, 9.17) is 9.47 Å². The summed E-state index contributed by atoms with van der Waals surface area (Å²) < 4.78 is 14.3. The Bertz CT molecular complexity index is 118. The summed E-state index contributed by atoms with van der Waals surface area (Å²) >= 11 is 0. The highest BCUT2D eigenvalue weighted by Crippen LogP contribution is 1.78. The van der Waals surface area contributed by atoms with Crippen LogP contribution in [-0.4, -0.2) is 32.8 Å². The van der Waals surface area contributed by atoms with Crippen LogP contribution in [0, 0.1) is 0 Å². The van der Waals surface area contributed by atoms with Crippen molar-refractivity contribution in [2.75, 3.05) is 26.7 Å². The minimum atomic E-state index is -0.478. The maximum atomic E-state index is 10.6. The molecule has 0 heterocycles. The van der Waals surface area contributed by atoms with Gasteiger partial charge in [0, 0.05) is 6.61 Å². The van der Waals surface area contributed by atoms with Crippen molar-refractivity contribution >= 4 is 6.09 Å². The SMILES string of the molecule is CCOCOCNC(=O)OCC. The van der Waals surface area contributed by atoms with Gasteiger partial charge in [0.25, 0.3) is 0 Å². The van der Waals surface area contributed by atoms with Crippen molar-refractivity contribution in [3.05, 3.63) is 0 Å². The van der Waals surface area contributed by atoms with Gasteiger partial charge in [0.2, 0.25) is 0 Å². The summed E-state index contributed by atoms with van der Waals surface area (Å²) in [4.78, 5) is 10.6. The Morgan fingerprint density at radius 2 is 2.00 bits per heavy atom. The summed E-state index contributed by atoms with van der Waals surface area (Å²) in [6, 6.07) is 0. The zero-order chi connectivity index (χ0) is 9.23. The summed E-state index contributed by atoms with van der Waals surface area (Å²) in [7, 11) is 0. The van der Waals surface area contributed by atoms with Crippen LogP contribution in [-0.2, 0) is 14.2 Å². The van der Waals surface area contributed by atoms with Gasteiger partial charge in [-0.15, -0.1) is 0 Å². The first-order valence-corrected chi connectivity index (χ1v) is 3.87. The quantitative estimate of drug-likeness (QED) is 0.479. The summed E-state index contributed by atoms with van der Waals surface area (Å²) in [6.45, 7) is 4.85. The normalized spacial score (nSPS) is 9.50. The smallest absolute Gasteiger partial charge is 0.408 e. The van der Waals surface area contributed by atoms with E-state index < -0.39 is 6.09 Å². The Hall–Kier alpha value is -0.810. The Morgan fingerprint density at radius 1 is 1.25 bits per heavy atom. The second-order valence-electron chi connectivity index (χ2n) is 1.86. The van der Waals surface area contributed by atoms with Crippen LogP contribution in [0.4, 0.5) is 4.79 Å². The van der Waals surface area contributed by atoms with E-state index in [9.17, 15) is 4.79 Å². The molecule has 0 aromatic carbocycles. The molecule has 0 aliphatic carbocycles. The molecule has 0 bridgehead atoms. The second kappa shape index (κ2) is 8.29. The van der Waals surface area contributed by atoms with E-state index in [0.717, 1.165) is 0 Å². The number of carbonyl (C=O) groups excluding carboxylic acids is 1. The first-order valence-electron chi connectivity index (χ1n) is 3.87. The molecule has 1 amide bonds. The zero-order valence-corrected chi connectivity index (χ0v) is 7.46. The Kier molecular flexibility index (Phi) is 7.73. The Labute approximate surface area is 72.0 Å². The van der Waals surface area contributed by atoms with Crippen molar-refractivity contribution in [1.29, 1.82) is 0 Å². The van der Waals surface area contributed by atoms with Crippen LogP contribution in [0.2, 0.25) is 0 Å². The zero-order valence-electron chi connectivity index (χ0n) is 7.46. The molecular formula is C7H15NO4. The molecule has 0 saturated carbocycles. The number of rotatable bonds is 6. The van der Waals surface area contributed by atoms with E-state index in [0.29, 0.717) is 13.2 Å². The Morgan fingerprint density at radius 3 is 2.58 bits per heavy atom. The fourth-order valence-corrected chi connectivity index (χ4v) is 0.476. The second-order valence-corrected chi connectivity index (χ2v) is 1.86. The number of ether oxygens (including phenoxy) is 3. The third-order valence-corrected chi connectivity index (χ3v) is 0.965. The van der Waals surface area contributed by atoms with Gasteiger partial charge in [-0.1, -0.05) is 0 Å². The monoisotopic (exact) mass is 177 g/mol. The van der Waals surface area contributed by atoms with E-state index in [-0.39, 0.29) is 13.5 Å². The summed E-state index contributed by atoms with van der Waals surface area (Å²) in [6.07, 6.45) is -0.478. The molecule has 5 nitrogen and oxygen atoms in total. The molecule has 0 fully saturated rings. The van der Waals surface area contributed by atoms with E-state index in [1.807, 2.05) is 6.92 Å². The largest absolute Gasteiger partial charge is 0.450 e. The molecule has 0 rings (SSSR count). The molecule has 12 heavy (non-hydrogen) atoms. The van der Waals surface area contributed by atoms with Crippen LogP contribution in [0.3, 0.4) is 0 Å². The van der Waals surface area contributed by atoms with Crippen LogP contribution < -0.4 is 5.32 Å². The molecule has 0 aliphatic heterocycles. The maximum absolute atomic E-state index is 10.6. The van der Waals surface area contributed by atoms with Gasteiger partial charge in [-0.2, -0.15) is 0 Å². The number of amides is 1. The number of carbonyl (C=O) groups is 1. The van der Waals surface area contributed by atoms with Crippen LogP contribution in [0.25, 0.3) is 0 Å². The lowest BCUT2D eigenvalue weighted by molar-refractivity contribution is -0.0542. The third-order valence-electron chi connectivity index (χ3n) is 0.965. The molecule has 0 unspecified atom stereocenters. The van der Waals surface area contributed by atoms with Gasteiger partial charge in [-0.25, -0.2) is 4.79 Å². The van der Waals surface area contributed by atoms with Crippen molar-refractivity contribution < 1.29 is 19.0 Å². The molecule has 0 atom stereocenters. The van der Waals surface area contributed by atoms with Crippen LogP contribution in [0.5, 0.6) is 0 Å². The van der Waals surface area contributed by atoms with Gasteiger partial charge < -0.3 is 14.2 Å². The molecule has 0 aromatic rings. The fourth-order valence-electron chi connectivity index (χ4n) is 0.476. The fraction of sp³-hybridized carbons (Fsp3) is 0.857. The van der Waals surface area contributed by atoms with Crippen molar-refractivity contribution in [3.8, 4) is 0 Å². The van der Waals surface area contributed by atoms with E-state index >= 15 is 0 Å². The number of hydrogen-bond acceptors (Lipinski definition) is 4.